The number of rotatable bonds is 5. The van der Waals surface area contributed by atoms with Gasteiger partial charge in [-0.3, -0.25) is 4.79 Å². The van der Waals surface area contributed by atoms with E-state index in [-0.39, 0.29) is 17.5 Å². The summed E-state index contributed by atoms with van der Waals surface area (Å²) in [5.41, 5.74) is 0. The molecule has 0 aliphatic carbocycles. The molecule has 0 bridgehead atoms. The third kappa shape index (κ3) is 4.51. The van der Waals surface area contributed by atoms with Gasteiger partial charge in [0.2, 0.25) is 5.91 Å². The molecular formula is C16H22FNO2. The van der Waals surface area contributed by atoms with E-state index in [9.17, 15) is 9.18 Å². The Labute approximate surface area is 119 Å². The van der Waals surface area contributed by atoms with Gasteiger partial charge >= 0.3 is 0 Å². The number of carbonyl (C=O) groups excluding carboxylic acids is 1. The molecule has 1 amide bonds. The summed E-state index contributed by atoms with van der Waals surface area (Å²) < 4.78 is 18.7. The summed E-state index contributed by atoms with van der Waals surface area (Å²) in [5, 5.41) is 0. The summed E-state index contributed by atoms with van der Waals surface area (Å²) in [4.78, 5) is 14.0. The molecule has 20 heavy (non-hydrogen) atoms. The Morgan fingerprint density at radius 2 is 1.85 bits per heavy atom. The van der Waals surface area contributed by atoms with E-state index in [1.807, 2.05) is 4.90 Å². The SMILES string of the molecule is O=C(CCCOc1ccccc1F)N1CCCCCC1. The average Bonchev–Trinajstić information content (AvgIpc) is 2.74. The van der Waals surface area contributed by atoms with E-state index in [0.717, 1.165) is 25.9 Å². The predicted octanol–water partition coefficient (Wildman–Crippen LogP) is 3.39. The molecule has 1 fully saturated rings. The topological polar surface area (TPSA) is 29.5 Å². The lowest BCUT2D eigenvalue weighted by molar-refractivity contribution is -0.131. The van der Waals surface area contributed by atoms with Crippen molar-refractivity contribution in [1.82, 2.24) is 4.90 Å². The Bertz CT molecular complexity index is 428. The first-order valence-corrected chi connectivity index (χ1v) is 7.42. The van der Waals surface area contributed by atoms with E-state index < -0.39 is 0 Å². The van der Waals surface area contributed by atoms with Crippen molar-refractivity contribution in [2.24, 2.45) is 0 Å². The van der Waals surface area contributed by atoms with Crippen molar-refractivity contribution in [3.63, 3.8) is 0 Å². The van der Waals surface area contributed by atoms with E-state index in [2.05, 4.69) is 0 Å². The van der Waals surface area contributed by atoms with Crippen molar-refractivity contribution >= 4 is 5.91 Å². The molecule has 3 nitrogen and oxygen atoms in total. The molecule has 1 saturated heterocycles. The zero-order chi connectivity index (χ0) is 14.2. The third-order valence-electron chi connectivity index (χ3n) is 3.59. The Morgan fingerprint density at radius 3 is 2.55 bits per heavy atom. The standard InChI is InChI=1S/C16H22FNO2/c17-14-8-3-4-9-15(14)20-13-7-10-16(19)18-11-5-1-2-6-12-18/h3-4,8-9H,1-2,5-7,10-13H2. The van der Waals surface area contributed by atoms with Crippen LogP contribution in [0.4, 0.5) is 4.39 Å². The van der Waals surface area contributed by atoms with Crippen LogP contribution in [0.2, 0.25) is 0 Å². The minimum absolute atomic E-state index is 0.198. The monoisotopic (exact) mass is 279 g/mol. The maximum atomic E-state index is 13.3. The maximum Gasteiger partial charge on any atom is 0.222 e. The Hall–Kier alpha value is -1.58. The molecule has 1 aromatic rings. The minimum atomic E-state index is -0.355. The second-order valence-corrected chi connectivity index (χ2v) is 5.18. The third-order valence-corrected chi connectivity index (χ3v) is 3.59. The largest absolute Gasteiger partial charge is 0.491 e. The van der Waals surface area contributed by atoms with E-state index in [4.69, 9.17) is 4.74 Å². The minimum Gasteiger partial charge on any atom is -0.491 e. The lowest BCUT2D eigenvalue weighted by Gasteiger charge is -2.20. The molecule has 0 unspecified atom stereocenters. The van der Waals surface area contributed by atoms with Crippen LogP contribution in [-0.2, 0) is 4.79 Å². The molecule has 2 rings (SSSR count). The number of carbonyl (C=O) groups is 1. The van der Waals surface area contributed by atoms with Crippen molar-refractivity contribution in [2.45, 2.75) is 38.5 Å². The molecule has 4 heteroatoms. The van der Waals surface area contributed by atoms with E-state index in [1.54, 1.807) is 18.2 Å². The number of benzene rings is 1. The van der Waals surface area contributed by atoms with Gasteiger partial charge in [-0.15, -0.1) is 0 Å². The van der Waals surface area contributed by atoms with Crippen LogP contribution >= 0.6 is 0 Å². The van der Waals surface area contributed by atoms with Gasteiger partial charge in [0.25, 0.3) is 0 Å². The molecule has 1 aliphatic heterocycles. The van der Waals surface area contributed by atoms with Gasteiger partial charge in [-0.1, -0.05) is 25.0 Å². The molecule has 110 valence electrons. The van der Waals surface area contributed by atoms with E-state index in [0.29, 0.717) is 19.4 Å². The van der Waals surface area contributed by atoms with Gasteiger partial charge in [0, 0.05) is 19.5 Å². The fourth-order valence-corrected chi connectivity index (χ4v) is 2.45. The molecule has 0 radical (unpaired) electrons. The molecule has 0 saturated carbocycles. The van der Waals surface area contributed by atoms with Crippen LogP contribution in [0.5, 0.6) is 5.75 Å². The van der Waals surface area contributed by atoms with Crippen molar-refractivity contribution in [3.05, 3.63) is 30.1 Å². The molecule has 1 aromatic carbocycles. The zero-order valence-electron chi connectivity index (χ0n) is 11.8. The highest BCUT2D eigenvalue weighted by atomic mass is 19.1. The van der Waals surface area contributed by atoms with Gasteiger partial charge in [-0.25, -0.2) is 4.39 Å². The first kappa shape index (κ1) is 14.8. The van der Waals surface area contributed by atoms with Crippen molar-refractivity contribution in [2.75, 3.05) is 19.7 Å². The van der Waals surface area contributed by atoms with Gasteiger partial charge in [-0.2, -0.15) is 0 Å². The number of para-hydroxylation sites is 1. The quantitative estimate of drug-likeness (QED) is 0.773. The number of hydrogen-bond acceptors (Lipinski definition) is 2. The summed E-state index contributed by atoms with van der Waals surface area (Å²) in [6.45, 7) is 2.14. The van der Waals surface area contributed by atoms with Gasteiger partial charge in [-0.05, 0) is 31.4 Å². The van der Waals surface area contributed by atoms with Crippen LogP contribution < -0.4 is 4.74 Å². The zero-order valence-corrected chi connectivity index (χ0v) is 11.8. The first-order valence-electron chi connectivity index (χ1n) is 7.42. The van der Waals surface area contributed by atoms with Gasteiger partial charge in [0.15, 0.2) is 11.6 Å². The molecule has 0 aromatic heterocycles. The van der Waals surface area contributed by atoms with Crippen LogP contribution in [0.1, 0.15) is 38.5 Å². The van der Waals surface area contributed by atoms with Crippen LogP contribution in [0, 0.1) is 5.82 Å². The summed E-state index contributed by atoms with van der Waals surface area (Å²) >= 11 is 0. The number of nitrogens with zero attached hydrogens (tertiary/aromatic N) is 1. The lowest BCUT2D eigenvalue weighted by Crippen LogP contribution is -2.31. The second-order valence-electron chi connectivity index (χ2n) is 5.18. The molecule has 1 heterocycles. The van der Waals surface area contributed by atoms with Crippen LogP contribution in [0.25, 0.3) is 0 Å². The van der Waals surface area contributed by atoms with E-state index >= 15 is 0 Å². The van der Waals surface area contributed by atoms with Crippen molar-refractivity contribution in [3.8, 4) is 5.75 Å². The van der Waals surface area contributed by atoms with Gasteiger partial charge < -0.3 is 9.64 Å². The fraction of sp³-hybridized carbons (Fsp3) is 0.562. The molecule has 1 aliphatic rings. The second kappa shape index (κ2) is 7.88. The van der Waals surface area contributed by atoms with Gasteiger partial charge in [0.05, 0.1) is 6.61 Å². The Balaban J connectivity index is 1.67. The normalized spacial score (nSPS) is 15.8. The first-order chi connectivity index (χ1) is 9.77. The van der Waals surface area contributed by atoms with Crippen LogP contribution in [-0.4, -0.2) is 30.5 Å². The molecule has 0 atom stereocenters. The highest BCUT2D eigenvalue weighted by Gasteiger charge is 2.14. The predicted molar refractivity (Wildman–Crippen MR) is 76.2 cm³/mol. The average molecular weight is 279 g/mol. The Morgan fingerprint density at radius 1 is 1.15 bits per heavy atom. The fourth-order valence-electron chi connectivity index (χ4n) is 2.45. The highest BCUT2D eigenvalue weighted by molar-refractivity contribution is 5.76. The summed E-state index contributed by atoms with van der Waals surface area (Å²) in [5.74, 6) is 0.102. The smallest absolute Gasteiger partial charge is 0.222 e. The highest BCUT2D eigenvalue weighted by Crippen LogP contribution is 2.16. The molecule has 0 N–H and O–H groups in total. The molecule has 0 spiro atoms. The Kier molecular flexibility index (Phi) is 5.84. The number of ether oxygens (including phenoxy) is 1. The van der Waals surface area contributed by atoms with Crippen molar-refractivity contribution < 1.29 is 13.9 Å². The van der Waals surface area contributed by atoms with Crippen LogP contribution in [0.3, 0.4) is 0 Å². The maximum absolute atomic E-state index is 13.3. The summed E-state index contributed by atoms with van der Waals surface area (Å²) in [6.07, 6.45) is 5.77. The van der Waals surface area contributed by atoms with Gasteiger partial charge in [0.1, 0.15) is 0 Å². The molecular weight excluding hydrogens is 257 g/mol. The summed E-state index contributed by atoms with van der Waals surface area (Å²) in [7, 11) is 0. The van der Waals surface area contributed by atoms with Crippen molar-refractivity contribution in [1.29, 1.82) is 0 Å². The number of likely N-dealkylation sites (tertiary alicyclic amines) is 1. The number of halogens is 1. The number of hydrogen-bond donors (Lipinski definition) is 0. The van der Waals surface area contributed by atoms with Crippen LogP contribution in [0.15, 0.2) is 24.3 Å². The van der Waals surface area contributed by atoms with E-state index in [1.165, 1.54) is 18.9 Å². The summed E-state index contributed by atoms with van der Waals surface area (Å²) in [6, 6.07) is 6.34. The number of amides is 1. The lowest BCUT2D eigenvalue weighted by atomic mass is 10.2.